The van der Waals surface area contributed by atoms with Crippen LogP contribution < -0.4 is 5.32 Å². The van der Waals surface area contributed by atoms with E-state index in [-0.39, 0.29) is 17.5 Å². The summed E-state index contributed by atoms with van der Waals surface area (Å²) in [5.74, 6) is -0.524. The van der Waals surface area contributed by atoms with Crippen molar-refractivity contribution in [3.05, 3.63) is 71.6 Å². The number of hydrogen-bond acceptors (Lipinski definition) is 5. The van der Waals surface area contributed by atoms with Crippen molar-refractivity contribution in [3.8, 4) is 10.6 Å². The number of carbonyl (C=O) groups is 1. The zero-order valence-electron chi connectivity index (χ0n) is 14.7. The van der Waals surface area contributed by atoms with Crippen molar-refractivity contribution in [2.75, 3.05) is 5.32 Å². The van der Waals surface area contributed by atoms with Crippen LogP contribution in [-0.2, 0) is 0 Å². The predicted molar refractivity (Wildman–Crippen MR) is 104 cm³/mol. The van der Waals surface area contributed by atoms with Gasteiger partial charge in [-0.2, -0.15) is 0 Å². The van der Waals surface area contributed by atoms with E-state index in [2.05, 4.69) is 20.3 Å². The zero-order valence-corrected chi connectivity index (χ0v) is 15.5. The molecule has 0 saturated heterocycles. The number of hydrogen-bond donors (Lipinski definition) is 1. The number of halogens is 1. The van der Waals surface area contributed by atoms with E-state index < -0.39 is 0 Å². The molecule has 1 N–H and O–H groups in total. The van der Waals surface area contributed by atoms with Gasteiger partial charge in [0.2, 0.25) is 5.82 Å². The smallest absolute Gasteiger partial charge is 0.293 e. The molecule has 134 valence electrons. The van der Waals surface area contributed by atoms with Gasteiger partial charge in [0.25, 0.3) is 5.91 Å². The van der Waals surface area contributed by atoms with Crippen molar-refractivity contribution in [1.29, 1.82) is 0 Å². The summed E-state index contributed by atoms with van der Waals surface area (Å²) in [5.41, 5.74) is 3.86. The van der Waals surface area contributed by atoms with Gasteiger partial charge in [0.1, 0.15) is 10.8 Å². The summed E-state index contributed by atoms with van der Waals surface area (Å²) in [6, 6.07) is 12.0. The van der Waals surface area contributed by atoms with E-state index in [4.69, 9.17) is 0 Å². The fourth-order valence-corrected chi connectivity index (χ4v) is 3.64. The SMILES string of the molecule is Cc1ccnc(C(=O)Nc2ccc(-c3nc4cc(F)ccc4s3)cc2C)n1. The van der Waals surface area contributed by atoms with E-state index in [1.807, 2.05) is 32.0 Å². The molecule has 4 aromatic rings. The van der Waals surface area contributed by atoms with Crippen LogP contribution in [0.1, 0.15) is 21.9 Å². The summed E-state index contributed by atoms with van der Waals surface area (Å²) in [5, 5.41) is 3.64. The maximum absolute atomic E-state index is 13.4. The summed E-state index contributed by atoms with van der Waals surface area (Å²) >= 11 is 1.50. The minimum atomic E-state index is -0.356. The fourth-order valence-electron chi connectivity index (χ4n) is 2.70. The van der Waals surface area contributed by atoms with Crippen molar-refractivity contribution < 1.29 is 9.18 Å². The van der Waals surface area contributed by atoms with Crippen LogP contribution in [0.15, 0.2) is 48.7 Å². The van der Waals surface area contributed by atoms with Gasteiger partial charge >= 0.3 is 0 Å². The molecule has 0 bridgehead atoms. The summed E-state index contributed by atoms with van der Waals surface area (Å²) in [4.78, 5) is 25.0. The molecule has 2 aromatic heterocycles. The lowest BCUT2D eigenvalue weighted by molar-refractivity contribution is 0.101. The Labute approximate surface area is 158 Å². The first-order chi connectivity index (χ1) is 13.0. The lowest BCUT2D eigenvalue weighted by Gasteiger charge is -2.09. The molecule has 27 heavy (non-hydrogen) atoms. The molecule has 0 radical (unpaired) electrons. The van der Waals surface area contributed by atoms with Crippen molar-refractivity contribution >= 4 is 33.1 Å². The average molecular weight is 378 g/mol. The normalized spacial score (nSPS) is 10.9. The van der Waals surface area contributed by atoms with Crippen LogP contribution >= 0.6 is 11.3 Å². The number of anilines is 1. The van der Waals surface area contributed by atoms with E-state index in [0.717, 1.165) is 26.5 Å². The quantitative estimate of drug-likeness (QED) is 0.558. The topological polar surface area (TPSA) is 67.8 Å². The molecule has 5 nitrogen and oxygen atoms in total. The van der Waals surface area contributed by atoms with Crippen LogP contribution in [0.2, 0.25) is 0 Å². The Morgan fingerprint density at radius 3 is 2.70 bits per heavy atom. The Morgan fingerprint density at radius 1 is 1.07 bits per heavy atom. The van der Waals surface area contributed by atoms with Crippen LogP contribution in [0, 0.1) is 19.7 Å². The second-order valence-corrected chi connectivity index (χ2v) is 7.17. The molecule has 7 heteroatoms. The van der Waals surface area contributed by atoms with Gasteiger partial charge in [0.05, 0.1) is 10.2 Å². The van der Waals surface area contributed by atoms with E-state index in [0.29, 0.717) is 11.2 Å². The maximum atomic E-state index is 13.4. The molecule has 0 aliphatic heterocycles. The largest absolute Gasteiger partial charge is 0.319 e. The minimum Gasteiger partial charge on any atom is -0.319 e. The molecular weight excluding hydrogens is 363 g/mol. The maximum Gasteiger partial charge on any atom is 0.293 e. The third-order valence-electron chi connectivity index (χ3n) is 4.07. The molecule has 1 amide bonds. The highest BCUT2D eigenvalue weighted by Gasteiger charge is 2.13. The van der Waals surface area contributed by atoms with Gasteiger partial charge in [-0.1, -0.05) is 0 Å². The molecule has 0 aliphatic rings. The van der Waals surface area contributed by atoms with Crippen molar-refractivity contribution in [3.63, 3.8) is 0 Å². The predicted octanol–water partition coefficient (Wildman–Crippen LogP) is 4.76. The summed E-state index contributed by atoms with van der Waals surface area (Å²) < 4.78 is 14.3. The van der Waals surface area contributed by atoms with E-state index in [1.165, 1.54) is 23.5 Å². The fraction of sp³-hybridized carbons (Fsp3) is 0.100. The number of nitrogens with one attached hydrogen (secondary N) is 1. The third-order valence-corrected chi connectivity index (χ3v) is 5.15. The Morgan fingerprint density at radius 2 is 1.93 bits per heavy atom. The highest BCUT2D eigenvalue weighted by atomic mass is 32.1. The molecule has 0 atom stereocenters. The number of fused-ring (bicyclic) bond motifs is 1. The number of aryl methyl sites for hydroxylation is 2. The van der Waals surface area contributed by atoms with Crippen molar-refractivity contribution in [2.24, 2.45) is 0 Å². The standard InChI is InChI=1S/C20H15FN4OS/c1-11-9-13(20-25-16-10-14(21)4-6-17(16)27-20)3-5-15(11)24-19(26)18-22-8-7-12(2)23-18/h3-10H,1-2H3,(H,24,26). The van der Waals surface area contributed by atoms with Crippen molar-refractivity contribution in [1.82, 2.24) is 15.0 Å². The molecule has 0 fully saturated rings. The number of aromatic nitrogens is 3. The van der Waals surface area contributed by atoms with Crippen molar-refractivity contribution in [2.45, 2.75) is 13.8 Å². The average Bonchev–Trinajstić information content (AvgIpc) is 3.06. The van der Waals surface area contributed by atoms with Gasteiger partial charge in [-0.15, -0.1) is 11.3 Å². The molecule has 2 heterocycles. The second-order valence-electron chi connectivity index (χ2n) is 6.14. The lowest BCUT2D eigenvalue weighted by Crippen LogP contribution is -2.16. The first-order valence-corrected chi connectivity index (χ1v) is 9.09. The molecule has 0 spiro atoms. The van der Waals surface area contributed by atoms with Crippen LogP contribution in [0.4, 0.5) is 10.1 Å². The second kappa shape index (κ2) is 6.85. The van der Waals surface area contributed by atoms with Gasteiger partial charge in [0.15, 0.2) is 0 Å². The number of carbonyl (C=O) groups excluding carboxylic acids is 1. The number of rotatable bonds is 3. The van der Waals surface area contributed by atoms with Gasteiger partial charge < -0.3 is 5.32 Å². The number of thiazole rings is 1. The van der Waals surface area contributed by atoms with E-state index in [1.54, 1.807) is 18.3 Å². The molecule has 0 unspecified atom stereocenters. The summed E-state index contributed by atoms with van der Waals surface area (Å²) in [7, 11) is 0. The number of benzene rings is 2. The van der Waals surface area contributed by atoms with Crippen LogP contribution in [0.25, 0.3) is 20.8 Å². The monoisotopic (exact) mass is 378 g/mol. The van der Waals surface area contributed by atoms with E-state index >= 15 is 0 Å². The van der Waals surface area contributed by atoms with Gasteiger partial charge in [-0.25, -0.2) is 19.3 Å². The number of amides is 1. The van der Waals surface area contributed by atoms with Crippen LogP contribution in [-0.4, -0.2) is 20.9 Å². The lowest BCUT2D eigenvalue weighted by atomic mass is 10.1. The Balaban J connectivity index is 1.61. The first-order valence-electron chi connectivity index (χ1n) is 8.28. The molecule has 2 aromatic carbocycles. The van der Waals surface area contributed by atoms with Gasteiger partial charge in [-0.3, -0.25) is 4.79 Å². The minimum absolute atomic E-state index is 0.131. The zero-order chi connectivity index (χ0) is 19.0. The highest BCUT2D eigenvalue weighted by Crippen LogP contribution is 2.32. The first kappa shape index (κ1) is 17.2. The summed E-state index contributed by atoms with van der Waals surface area (Å²) in [6.07, 6.45) is 1.56. The third kappa shape index (κ3) is 3.54. The molecule has 4 rings (SSSR count). The van der Waals surface area contributed by atoms with Crippen LogP contribution in [0.5, 0.6) is 0 Å². The molecule has 0 aliphatic carbocycles. The van der Waals surface area contributed by atoms with E-state index in [9.17, 15) is 9.18 Å². The molecular formula is C20H15FN4OS. The summed E-state index contributed by atoms with van der Waals surface area (Å²) in [6.45, 7) is 3.71. The molecule has 0 saturated carbocycles. The van der Waals surface area contributed by atoms with Gasteiger partial charge in [-0.05, 0) is 55.8 Å². The Kier molecular flexibility index (Phi) is 4.37. The van der Waals surface area contributed by atoms with Gasteiger partial charge in [0, 0.05) is 29.2 Å². The Bertz CT molecular complexity index is 1170. The Hall–Kier alpha value is -3.19. The highest BCUT2D eigenvalue weighted by molar-refractivity contribution is 7.21. The number of nitrogens with zero attached hydrogens (tertiary/aromatic N) is 3. The van der Waals surface area contributed by atoms with Crippen LogP contribution in [0.3, 0.4) is 0 Å².